The molecule has 1 aliphatic heterocycles. The van der Waals surface area contributed by atoms with Crippen molar-refractivity contribution in [2.24, 2.45) is 0 Å². The summed E-state index contributed by atoms with van der Waals surface area (Å²) in [6.07, 6.45) is -1.46. The summed E-state index contributed by atoms with van der Waals surface area (Å²) in [6.45, 7) is 1.63. The van der Waals surface area contributed by atoms with Crippen molar-refractivity contribution in [1.29, 1.82) is 0 Å². The molecular formula is C10H15F3N2O. The maximum Gasteiger partial charge on any atom is 0.401 e. The predicted molar refractivity (Wildman–Crippen MR) is 53.9 cm³/mol. The Labute approximate surface area is 92.3 Å². The molecule has 16 heavy (non-hydrogen) atoms. The summed E-state index contributed by atoms with van der Waals surface area (Å²) in [6, 6.07) is 0. The van der Waals surface area contributed by atoms with Crippen LogP contribution in [-0.2, 0) is 4.79 Å². The van der Waals surface area contributed by atoms with Gasteiger partial charge in [-0.1, -0.05) is 11.6 Å². The van der Waals surface area contributed by atoms with Crippen molar-refractivity contribution in [3.63, 3.8) is 0 Å². The molecule has 0 spiro atoms. The van der Waals surface area contributed by atoms with E-state index < -0.39 is 12.7 Å². The number of nitrogens with one attached hydrogen (secondary N) is 1. The molecule has 1 heterocycles. The number of carbonyl (C=O) groups excluding carboxylic acids is 1. The van der Waals surface area contributed by atoms with Crippen molar-refractivity contribution < 1.29 is 18.0 Å². The molecule has 0 saturated carbocycles. The third-order valence-corrected chi connectivity index (χ3v) is 2.29. The first-order chi connectivity index (χ1) is 7.38. The standard InChI is InChI=1S/C10H15F3N2O/c1-8-3-2-4-15(6-8)9(16)5-14-7-10(11,12)13/h3,14H,2,4-7H2,1H3. The smallest absolute Gasteiger partial charge is 0.337 e. The normalized spacial score (nSPS) is 17.2. The van der Waals surface area contributed by atoms with Crippen LogP contribution in [0.5, 0.6) is 0 Å². The minimum absolute atomic E-state index is 0.257. The van der Waals surface area contributed by atoms with Gasteiger partial charge in [0.2, 0.25) is 5.91 Å². The fraction of sp³-hybridized carbons (Fsp3) is 0.700. The highest BCUT2D eigenvalue weighted by molar-refractivity contribution is 5.78. The highest BCUT2D eigenvalue weighted by atomic mass is 19.4. The zero-order valence-corrected chi connectivity index (χ0v) is 9.10. The number of hydrogen-bond donors (Lipinski definition) is 1. The van der Waals surface area contributed by atoms with Crippen LogP contribution in [0.25, 0.3) is 0 Å². The Morgan fingerprint density at radius 3 is 2.81 bits per heavy atom. The molecule has 1 amide bonds. The molecule has 0 aromatic rings. The van der Waals surface area contributed by atoms with Crippen molar-refractivity contribution in [2.45, 2.75) is 19.5 Å². The maximum atomic E-state index is 11.8. The molecule has 0 aliphatic carbocycles. The molecule has 1 rings (SSSR count). The Kier molecular flexibility index (Phi) is 4.35. The van der Waals surface area contributed by atoms with E-state index in [-0.39, 0.29) is 12.5 Å². The zero-order valence-electron chi connectivity index (χ0n) is 9.10. The van der Waals surface area contributed by atoms with Gasteiger partial charge in [0.15, 0.2) is 0 Å². The Bertz CT molecular complexity index is 286. The average Bonchev–Trinajstić information content (AvgIpc) is 2.15. The molecule has 6 heteroatoms. The van der Waals surface area contributed by atoms with Crippen molar-refractivity contribution in [1.82, 2.24) is 10.2 Å². The molecule has 92 valence electrons. The van der Waals surface area contributed by atoms with E-state index in [0.29, 0.717) is 13.1 Å². The molecule has 0 aromatic heterocycles. The molecule has 1 aliphatic rings. The van der Waals surface area contributed by atoms with Crippen molar-refractivity contribution >= 4 is 5.91 Å². The lowest BCUT2D eigenvalue weighted by atomic mass is 10.1. The third-order valence-electron chi connectivity index (χ3n) is 2.29. The van der Waals surface area contributed by atoms with E-state index in [9.17, 15) is 18.0 Å². The Balaban J connectivity index is 2.28. The highest BCUT2D eigenvalue weighted by Gasteiger charge is 2.27. The minimum atomic E-state index is -4.27. The van der Waals surface area contributed by atoms with Crippen LogP contribution < -0.4 is 5.32 Å². The van der Waals surface area contributed by atoms with E-state index in [4.69, 9.17) is 0 Å². The van der Waals surface area contributed by atoms with Crippen LogP contribution in [0, 0.1) is 0 Å². The lowest BCUT2D eigenvalue weighted by Crippen LogP contribution is -2.42. The maximum absolute atomic E-state index is 11.8. The molecule has 0 radical (unpaired) electrons. The van der Waals surface area contributed by atoms with E-state index in [0.717, 1.165) is 12.0 Å². The van der Waals surface area contributed by atoms with E-state index in [2.05, 4.69) is 5.32 Å². The summed E-state index contributed by atoms with van der Waals surface area (Å²) in [5, 5.41) is 2.10. The van der Waals surface area contributed by atoms with Gasteiger partial charge in [-0.2, -0.15) is 13.2 Å². The first-order valence-corrected chi connectivity index (χ1v) is 5.09. The zero-order chi connectivity index (χ0) is 12.2. The number of nitrogens with zero attached hydrogens (tertiary/aromatic N) is 1. The van der Waals surface area contributed by atoms with E-state index in [1.807, 2.05) is 13.0 Å². The van der Waals surface area contributed by atoms with Gasteiger partial charge in [0, 0.05) is 13.1 Å². The van der Waals surface area contributed by atoms with Crippen LogP contribution in [0.3, 0.4) is 0 Å². The summed E-state index contributed by atoms with van der Waals surface area (Å²) in [5.41, 5.74) is 1.08. The van der Waals surface area contributed by atoms with Gasteiger partial charge in [-0.3, -0.25) is 4.79 Å². The van der Waals surface area contributed by atoms with E-state index >= 15 is 0 Å². The number of carbonyl (C=O) groups is 1. The van der Waals surface area contributed by atoms with Crippen LogP contribution in [0.4, 0.5) is 13.2 Å². The van der Waals surface area contributed by atoms with Gasteiger partial charge in [-0.25, -0.2) is 0 Å². The predicted octanol–water partition coefficient (Wildman–Crippen LogP) is 1.32. The molecule has 0 aromatic carbocycles. The highest BCUT2D eigenvalue weighted by Crippen LogP contribution is 2.12. The second kappa shape index (κ2) is 5.34. The first-order valence-electron chi connectivity index (χ1n) is 5.09. The second-order valence-corrected chi connectivity index (χ2v) is 3.87. The average molecular weight is 236 g/mol. The van der Waals surface area contributed by atoms with Crippen LogP contribution >= 0.6 is 0 Å². The fourth-order valence-electron chi connectivity index (χ4n) is 1.55. The van der Waals surface area contributed by atoms with Gasteiger partial charge in [-0.15, -0.1) is 0 Å². The van der Waals surface area contributed by atoms with Crippen LogP contribution in [0.1, 0.15) is 13.3 Å². The Morgan fingerprint density at radius 1 is 1.56 bits per heavy atom. The minimum Gasteiger partial charge on any atom is -0.337 e. The van der Waals surface area contributed by atoms with Gasteiger partial charge >= 0.3 is 6.18 Å². The van der Waals surface area contributed by atoms with Gasteiger partial charge < -0.3 is 10.2 Å². The van der Waals surface area contributed by atoms with Crippen molar-refractivity contribution in [2.75, 3.05) is 26.2 Å². The molecule has 3 nitrogen and oxygen atoms in total. The molecule has 0 fully saturated rings. The molecule has 0 bridgehead atoms. The summed E-state index contributed by atoms with van der Waals surface area (Å²) < 4.78 is 35.4. The summed E-state index contributed by atoms with van der Waals surface area (Å²) >= 11 is 0. The van der Waals surface area contributed by atoms with Gasteiger partial charge in [0.1, 0.15) is 0 Å². The summed E-state index contributed by atoms with van der Waals surface area (Å²) in [7, 11) is 0. The van der Waals surface area contributed by atoms with Gasteiger partial charge in [0.25, 0.3) is 0 Å². The topological polar surface area (TPSA) is 32.3 Å². The van der Waals surface area contributed by atoms with E-state index in [1.165, 1.54) is 0 Å². The fourth-order valence-corrected chi connectivity index (χ4v) is 1.55. The number of amides is 1. The molecule has 1 N–H and O–H groups in total. The molecule has 0 atom stereocenters. The summed E-state index contributed by atoms with van der Waals surface area (Å²) in [4.78, 5) is 13.1. The van der Waals surface area contributed by atoms with E-state index in [1.54, 1.807) is 4.90 Å². The van der Waals surface area contributed by atoms with Crippen molar-refractivity contribution in [3.8, 4) is 0 Å². The SMILES string of the molecule is CC1=CCCN(C(=O)CNCC(F)(F)F)C1. The largest absolute Gasteiger partial charge is 0.401 e. The second-order valence-electron chi connectivity index (χ2n) is 3.87. The number of halogens is 3. The number of hydrogen-bond acceptors (Lipinski definition) is 2. The quantitative estimate of drug-likeness (QED) is 0.749. The molecule has 0 unspecified atom stereocenters. The lowest BCUT2D eigenvalue weighted by molar-refractivity contribution is -0.134. The van der Waals surface area contributed by atoms with Gasteiger partial charge in [-0.05, 0) is 13.3 Å². The number of rotatable bonds is 3. The third kappa shape index (κ3) is 4.65. The Morgan fingerprint density at radius 2 is 2.25 bits per heavy atom. The molecule has 0 saturated heterocycles. The van der Waals surface area contributed by atoms with Crippen LogP contribution in [0.15, 0.2) is 11.6 Å². The van der Waals surface area contributed by atoms with Crippen LogP contribution in [0.2, 0.25) is 0 Å². The van der Waals surface area contributed by atoms with Crippen LogP contribution in [-0.4, -0.2) is 43.2 Å². The molecular weight excluding hydrogens is 221 g/mol. The number of alkyl halides is 3. The monoisotopic (exact) mass is 236 g/mol. The van der Waals surface area contributed by atoms with Gasteiger partial charge in [0.05, 0.1) is 13.1 Å². The van der Waals surface area contributed by atoms with Crippen molar-refractivity contribution in [3.05, 3.63) is 11.6 Å². The first kappa shape index (κ1) is 13.0. The Hall–Kier alpha value is -1.04. The lowest BCUT2D eigenvalue weighted by Gasteiger charge is -2.26. The summed E-state index contributed by atoms with van der Waals surface area (Å²) in [5.74, 6) is -0.281.